The van der Waals surface area contributed by atoms with Crippen LogP contribution in [0.4, 0.5) is 0 Å². The van der Waals surface area contributed by atoms with E-state index in [1.165, 1.54) is 0 Å². The maximum Gasteiger partial charge on any atom is 0.121 e. The molecule has 1 aromatic heterocycles. The fourth-order valence-corrected chi connectivity index (χ4v) is 1.98. The largest absolute Gasteiger partial charge is 0.491 e. The summed E-state index contributed by atoms with van der Waals surface area (Å²) in [4.78, 5) is 4.18. The van der Waals surface area contributed by atoms with Crippen molar-refractivity contribution in [3.05, 3.63) is 58.3 Å². The van der Waals surface area contributed by atoms with E-state index in [1.54, 1.807) is 24.4 Å². The predicted molar refractivity (Wildman–Crippen MR) is 83.9 cm³/mol. The number of pyridine rings is 1. The molecule has 0 amide bonds. The molecule has 6 heteroatoms. The number of hydrogen-bond donors (Lipinski definition) is 2. The Labute approximate surface area is 133 Å². The van der Waals surface area contributed by atoms with Crippen LogP contribution in [0.15, 0.2) is 42.6 Å². The van der Waals surface area contributed by atoms with Gasteiger partial charge in [-0.05, 0) is 24.3 Å². The lowest BCUT2D eigenvalue weighted by molar-refractivity contribution is 0.106. The topological polar surface area (TPSA) is 54.4 Å². The molecule has 1 heterocycles. The monoisotopic (exact) mass is 326 g/mol. The maximum atomic E-state index is 9.85. The fraction of sp³-hybridized carbons (Fsp3) is 0.267. The third-order valence-electron chi connectivity index (χ3n) is 2.75. The number of aromatic nitrogens is 1. The number of hydrogen-bond acceptors (Lipinski definition) is 4. The molecule has 0 saturated heterocycles. The molecule has 2 N–H and O–H groups in total. The standard InChI is InChI=1S/C15H16Cl2N2O2/c16-14-5-4-13(7-15(14)17)21-10-12(20)9-18-8-11-3-1-2-6-19-11/h1-7,12,18,20H,8-10H2. The second kappa shape index (κ2) is 8.20. The van der Waals surface area contributed by atoms with E-state index >= 15 is 0 Å². The molecule has 0 spiro atoms. The van der Waals surface area contributed by atoms with Crippen LogP contribution in [-0.2, 0) is 6.54 Å². The second-order valence-electron chi connectivity index (χ2n) is 4.49. The van der Waals surface area contributed by atoms with E-state index in [0.717, 1.165) is 5.69 Å². The number of aliphatic hydroxyl groups excluding tert-OH is 1. The van der Waals surface area contributed by atoms with E-state index in [-0.39, 0.29) is 6.61 Å². The lowest BCUT2D eigenvalue weighted by atomic mass is 10.3. The first-order chi connectivity index (χ1) is 10.1. The van der Waals surface area contributed by atoms with Crippen molar-refractivity contribution in [2.24, 2.45) is 0 Å². The van der Waals surface area contributed by atoms with Crippen molar-refractivity contribution < 1.29 is 9.84 Å². The van der Waals surface area contributed by atoms with Gasteiger partial charge in [0.2, 0.25) is 0 Å². The Morgan fingerprint density at radius 3 is 2.76 bits per heavy atom. The smallest absolute Gasteiger partial charge is 0.121 e. The Bertz CT molecular complexity index is 567. The van der Waals surface area contributed by atoms with Crippen LogP contribution in [0.3, 0.4) is 0 Å². The van der Waals surface area contributed by atoms with Gasteiger partial charge >= 0.3 is 0 Å². The average molecular weight is 327 g/mol. The number of ether oxygens (including phenoxy) is 1. The van der Waals surface area contributed by atoms with E-state index in [9.17, 15) is 5.11 Å². The Kier molecular flexibility index (Phi) is 6.26. The molecule has 0 aliphatic heterocycles. The minimum Gasteiger partial charge on any atom is -0.491 e. The van der Waals surface area contributed by atoms with Gasteiger partial charge in [0.15, 0.2) is 0 Å². The summed E-state index contributed by atoms with van der Waals surface area (Å²) in [6, 6.07) is 10.7. The fourth-order valence-electron chi connectivity index (χ4n) is 1.69. The van der Waals surface area contributed by atoms with Gasteiger partial charge in [-0.2, -0.15) is 0 Å². The van der Waals surface area contributed by atoms with Crippen LogP contribution in [-0.4, -0.2) is 29.3 Å². The molecule has 21 heavy (non-hydrogen) atoms. The van der Waals surface area contributed by atoms with Crippen molar-refractivity contribution in [3.63, 3.8) is 0 Å². The minimum absolute atomic E-state index is 0.174. The summed E-state index contributed by atoms with van der Waals surface area (Å²) in [5.41, 5.74) is 0.926. The zero-order chi connectivity index (χ0) is 15.1. The number of halogens is 2. The van der Waals surface area contributed by atoms with Gasteiger partial charge in [0.1, 0.15) is 18.5 Å². The van der Waals surface area contributed by atoms with Crippen molar-refractivity contribution in [2.75, 3.05) is 13.2 Å². The lowest BCUT2D eigenvalue weighted by Crippen LogP contribution is -2.31. The lowest BCUT2D eigenvalue weighted by Gasteiger charge is -2.13. The molecule has 0 radical (unpaired) electrons. The van der Waals surface area contributed by atoms with Gasteiger partial charge in [-0.1, -0.05) is 29.3 Å². The molecule has 2 aromatic rings. The summed E-state index contributed by atoms with van der Waals surface area (Å²) in [5, 5.41) is 13.9. The third kappa shape index (κ3) is 5.52. The van der Waals surface area contributed by atoms with Crippen LogP contribution in [0.1, 0.15) is 5.69 Å². The van der Waals surface area contributed by atoms with Gasteiger partial charge in [0.05, 0.1) is 15.7 Å². The van der Waals surface area contributed by atoms with Crippen LogP contribution in [0.25, 0.3) is 0 Å². The van der Waals surface area contributed by atoms with Crippen molar-refractivity contribution >= 4 is 23.2 Å². The molecule has 4 nitrogen and oxygen atoms in total. The number of nitrogens with zero attached hydrogens (tertiary/aromatic N) is 1. The molecular formula is C15H16Cl2N2O2. The highest BCUT2D eigenvalue weighted by Crippen LogP contribution is 2.26. The maximum absolute atomic E-state index is 9.85. The molecule has 0 bridgehead atoms. The number of benzene rings is 1. The second-order valence-corrected chi connectivity index (χ2v) is 5.31. The Balaban J connectivity index is 1.69. The van der Waals surface area contributed by atoms with E-state index in [0.29, 0.717) is 28.9 Å². The molecule has 1 unspecified atom stereocenters. The molecule has 112 valence electrons. The summed E-state index contributed by atoms with van der Waals surface area (Å²) in [7, 11) is 0. The normalized spacial score (nSPS) is 12.1. The van der Waals surface area contributed by atoms with E-state index in [1.807, 2.05) is 18.2 Å². The Hall–Kier alpha value is -1.33. The van der Waals surface area contributed by atoms with Crippen LogP contribution < -0.4 is 10.1 Å². The number of nitrogens with one attached hydrogen (secondary N) is 1. The quantitative estimate of drug-likeness (QED) is 0.821. The van der Waals surface area contributed by atoms with Crippen LogP contribution in [0.2, 0.25) is 10.0 Å². The van der Waals surface area contributed by atoms with Gasteiger partial charge in [0.25, 0.3) is 0 Å². The first kappa shape index (κ1) is 16.0. The van der Waals surface area contributed by atoms with Gasteiger partial charge in [0, 0.05) is 25.4 Å². The van der Waals surface area contributed by atoms with Crippen LogP contribution in [0.5, 0.6) is 5.75 Å². The van der Waals surface area contributed by atoms with Gasteiger partial charge < -0.3 is 15.2 Å². The number of aliphatic hydroxyl groups is 1. The third-order valence-corrected chi connectivity index (χ3v) is 3.48. The Morgan fingerprint density at radius 1 is 1.19 bits per heavy atom. The summed E-state index contributed by atoms with van der Waals surface area (Å²) in [6.45, 7) is 1.19. The zero-order valence-corrected chi connectivity index (χ0v) is 12.8. The molecule has 0 aliphatic rings. The van der Waals surface area contributed by atoms with Gasteiger partial charge in [-0.15, -0.1) is 0 Å². The van der Waals surface area contributed by atoms with Gasteiger partial charge in [-0.25, -0.2) is 0 Å². The van der Waals surface area contributed by atoms with Crippen molar-refractivity contribution in [1.82, 2.24) is 10.3 Å². The first-order valence-electron chi connectivity index (χ1n) is 6.51. The summed E-state index contributed by atoms with van der Waals surface area (Å²) in [5.74, 6) is 0.577. The van der Waals surface area contributed by atoms with Crippen molar-refractivity contribution in [3.8, 4) is 5.75 Å². The molecule has 0 fully saturated rings. The zero-order valence-electron chi connectivity index (χ0n) is 11.3. The van der Waals surface area contributed by atoms with Crippen LogP contribution >= 0.6 is 23.2 Å². The molecule has 0 aliphatic carbocycles. The molecule has 2 rings (SSSR count). The van der Waals surface area contributed by atoms with Crippen LogP contribution in [0, 0.1) is 0 Å². The summed E-state index contributed by atoms with van der Waals surface area (Å²) >= 11 is 11.7. The van der Waals surface area contributed by atoms with Crippen molar-refractivity contribution in [1.29, 1.82) is 0 Å². The van der Waals surface area contributed by atoms with Crippen molar-refractivity contribution in [2.45, 2.75) is 12.6 Å². The molecule has 1 aromatic carbocycles. The highest BCUT2D eigenvalue weighted by molar-refractivity contribution is 6.42. The minimum atomic E-state index is -0.622. The summed E-state index contributed by atoms with van der Waals surface area (Å²) in [6.07, 6.45) is 1.11. The Morgan fingerprint density at radius 2 is 2.05 bits per heavy atom. The van der Waals surface area contributed by atoms with E-state index in [4.69, 9.17) is 27.9 Å². The van der Waals surface area contributed by atoms with E-state index in [2.05, 4.69) is 10.3 Å². The number of rotatable bonds is 7. The molecule has 1 atom stereocenters. The highest BCUT2D eigenvalue weighted by atomic mass is 35.5. The predicted octanol–water partition coefficient (Wildman–Crippen LogP) is 2.92. The first-order valence-corrected chi connectivity index (χ1v) is 7.27. The van der Waals surface area contributed by atoms with E-state index < -0.39 is 6.10 Å². The molecular weight excluding hydrogens is 311 g/mol. The SMILES string of the molecule is OC(CNCc1ccccn1)COc1ccc(Cl)c(Cl)c1. The summed E-state index contributed by atoms with van der Waals surface area (Å²) < 4.78 is 5.46. The molecule has 0 saturated carbocycles. The average Bonchev–Trinajstić information content (AvgIpc) is 2.49. The highest BCUT2D eigenvalue weighted by Gasteiger charge is 2.06. The van der Waals surface area contributed by atoms with Gasteiger partial charge in [-0.3, -0.25) is 4.98 Å².